The van der Waals surface area contributed by atoms with Crippen LogP contribution in [0.15, 0.2) is 59.8 Å². The van der Waals surface area contributed by atoms with Crippen LogP contribution in [0.1, 0.15) is 26.7 Å². The van der Waals surface area contributed by atoms with Gasteiger partial charge in [-0.25, -0.2) is 0 Å². The lowest BCUT2D eigenvalue weighted by Gasteiger charge is -2.05. The van der Waals surface area contributed by atoms with Crippen molar-refractivity contribution in [3.63, 3.8) is 0 Å². The normalized spacial score (nSPS) is 15.6. The first-order valence-electron chi connectivity index (χ1n) is 4.97. The molecule has 0 saturated carbocycles. The van der Waals surface area contributed by atoms with E-state index in [2.05, 4.69) is 44.4 Å². The SMILES string of the molecule is C=C(C)C(=C)CC1=CCC=C(C)C=C1. The van der Waals surface area contributed by atoms with Gasteiger partial charge in [-0.2, -0.15) is 0 Å². The van der Waals surface area contributed by atoms with Crippen LogP contribution in [0, 0.1) is 0 Å². The van der Waals surface area contributed by atoms with Crippen LogP contribution in [0.5, 0.6) is 0 Å². The Labute approximate surface area is 87.0 Å². The van der Waals surface area contributed by atoms with E-state index in [-0.39, 0.29) is 0 Å². The molecule has 1 aliphatic rings. The zero-order valence-corrected chi connectivity index (χ0v) is 9.14. The molecule has 1 aliphatic carbocycles. The third-order valence-corrected chi connectivity index (χ3v) is 2.40. The quantitative estimate of drug-likeness (QED) is 0.575. The van der Waals surface area contributed by atoms with Crippen LogP contribution in [-0.4, -0.2) is 0 Å². The molecular weight excluding hydrogens is 168 g/mol. The summed E-state index contributed by atoms with van der Waals surface area (Å²) in [6.07, 6.45) is 10.8. The van der Waals surface area contributed by atoms with E-state index in [0.29, 0.717) is 0 Å². The fraction of sp³-hybridized carbons (Fsp3) is 0.286. The lowest BCUT2D eigenvalue weighted by Crippen LogP contribution is -1.85. The molecule has 0 aromatic rings. The molecule has 0 aromatic carbocycles. The first-order valence-corrected chi connectivity index (χ1v) is 4.97. The lowest BCUT2D eigenvalue weighted by atomic mass is 10.0. The second kappa shape index (κ2) is 4.80. The highest BCUT2D eigenvalue weighted by molar-refractivity contribution is 5.37. The van der Waals surface area contributed by atoms with Gasteiger partial charge in [0.1, 0.15) is 0 Å². The number of hydrogen-bond donors (Lipinski definition) is 0. The van der Waals surface area contributed by atoms with Gasteiger partial charge in [0.05, 0.1) is 0 Å². The smallest absolute Gasteiger partial charge is 0.00323 e. The number of allylic oxidation sites excluding steroid dienone is 8. The Morgan fingerprint density at radius 1 is 1.29 bits per heavy atom. The van der Waals surface area contributed by atoms with E-state index >= 15 is 0 Å². The molecule has 0 aliphatic heterocycles. The van der Waals surface area contributed by atoms with E-state index in [1.807, 2.05) is 6.92 Å². The van der Waals surface area contributed by atoms with Gasteiger partial charge in [-0.3, -0.25) is 0 Å². The maximum absolute atomic E-state index is 4.01. The van der Waals surface area contributed by atoms with Crippen molar-refractivity contribution in [2.45, 2.75) is 26.7 Å². The summed E-state index contributed by atoms with van der Waals surface area (Å²) in [4.78, 5) is 0. The van der Waals surface area contributed by atoms with Crippen molar-refractivity contribution < 1.29 is 0 Å². The van der Waals surface area contributed by atoms with Crippen LogP contribution < -0.4 is 0 Å². The third-order valence-electron chi connectivity index (χ3n) is 2.40. The van der Waals surface area contributed by atoms with E-state index in [1.165, 1.54) is 11.1 Å². The Kier molecular flexibility index (Phi) is 3.70. The second-order valence-electron chi connectivity index (χ2n) is 3.86. The minimum Gasteiger partial charge on any atom is -0.0958 e. The summed E-state index contributed by atoms with van der Waals surface area (Å²) in [6, 6.07) is 0. The highest BCUT2D eigenvalue weighted by atomic mass is 14.1. The molecule has 0 heteroatoms. The zero-order valence-electron chi connectivity index (χ0n) is 9.14. The molecule has 74 valence electrons. The van der Waals surface area contributed by atoms with Crippen molar-refractivity contribution in [1.82, 2.24) is 0 Å². The van der Waals surface area contributed by atoms with Gasteiger partial charge in [0, 0.05) is 0 Å². The van der Waals surface area contributed by atoms with E-state index < -0.39 is 0 Å². The minimum atomic E-state index is 0.924. The van der Waals surface area contributed by atoms with Crippen molar-refractivity contribution >= 4 is 0 Å². The Balaban J connectivity index is 2.64. The van der Waals surface area contributed by atoms with Crippen LogP contribution in [0.3, 0.4) is 0 Å². The van der Waals surface area contributed by atoms with Crippen LogP contribution in [0.2, 0.25) is 0 Å². The molecule has 0 heterocycles. The van der Waals surface area contributed by atoms with Gasteiger partial charge in [0.25, 0.3) is 0 Å². The lowest BCUT2D eigenvalue weighted by molar-refractivity contribution is 1.15. The average molecular weight is 186 g/mol. The van der Waals surface area contributed by atoms with Gasteiger partial charge in [-0.15, -0.1) is 0 Å². The molecule has 0 fully saturated rings. The molecule has 0 aromatic heterocycles. The molecule has 0 saturated heterocycles. The molecule has 0 atom stereocenters. The first kappa shape index (κ1) is 10.8. The van der Waals surface area contributed by atoms with E-state index in [0.717, 1.165) is 24.0 Å². The van der Waals surface area contributed by atoms with E-state index in [9.17, 15) is 0 Å². The fourth-order valence-corrected chi connectivity index (χ4v) is 1.30. The van der Waals surface area contributed by atoms with E-state index in [1.54, 1.807) is 0 Å². The van der Waals surface area contributed by atoms with Gasteiger partial charge >= 0.3 is 0 Å². The summed E-state index contributed by atoms with van der Waals surface area (Å²) >= 11 is 0. The number of hydrogen-bond acceptors (Lipinski definition) is 0. The van der Waals surface area contributed by atoms with Crippen molar-refractivity contribution in [3.8, 4) is 0 Å². The van der Waals surface area contributed by atoms with Gasteiger partial charge in [-0.1, -0.05) is 48.6 Å². The van der Waals surface area contributed by atoms with Gasteiger partial charge < -0.3 is 0 Å². The van der Waals surface area contributed by atoms with Crippen molar-refractivity contribution in [2.75, 3.05) is 0 Å². The Morgan fingerprint density at radius 3 is 2.64 bits per heavy atom. The fourth-order valence-electron chi connectivity index (χ4n) is 1.30. The highest BCUT2D eigenvalue weighted by Gasteiger charge is 2.00. The summed E-state index contributed by atoms with van der Waals surface area (Å²) < 4.78 is 0. The molecule has 0 bridgehead atoms. The predicted octanol–water partition coefficient (Wildman–Crippen LogP) is 4.34. The summed E-state index contributed by atoms with van der Waals surface area (Å²) in [5, 5.41) is 0. The van der Waals surface area contributed by atoms with Crippen LogP contribution in [0.25, 0.3) is 0 Å². The highest BCUT2D eigenvalue weighted by Crippen LogP contribution is 2.19. The molecule has 0 radical (unpaired) electrons. The molecule has 0 nitrogen and oxygen atoms in total. The van der Waals surface area contributed by atoms with Crippen LogP contribution in [-0.2, 0) is 0 Å². The third kappa shape index (κ3) is 3.21. The Morgan fingerprint density at radius 2 is 2.00 bits per heavy atom. The molecule has 0 unspecified atom stereocenters. The van der Waals surface area contributed by atoms with Crippen molar-refractivity contribution in [1.29, 1.82) is 0 Å². The molecule has 0 amide bonds. The van der Waals surface area contributed by atoms with Crippen LogP contribution >= 0.6 is 0 Å². The molecule has 14 heavy (non-hydrogen) atoms. The molecular formula is C14H18. The van der Waals surface area contributed by atoms with Gasteiger partial charge in [0.2, 0.25) is 0 Å². The average Bonchev–Trinajstić information content (AvgIpc) is 2.31. The Hall–Kier alpha value is -1.30. The summed E-state index contributed by atoms with van der Waals surface area (Å²) in [7, 11) is 0. The topological polar surface area (TPSA) is 0 Å². The van der Waals surface area contributed by atoms with Gasteiger partial charge in [0.15, 0.2) is 0 Å². The largest absolute Gasteiger partial charge is 0.0958 e. The maximum atomic E-state index is 4.01. The predicted molar refractivity (Wildman–Crippen MR) is 64.2 cm³/mol. The van der Waals surface area contributed by atoms with Crippen molar-refractivity contribution in [3.05, 3.63) is 59.8 Å². The minimum absolute atomic E-state index is 0.924. The molecule has 0 N–H and O–H groups in total. The summed E-state index contributed by atoms with van der Waals surface area (Å²) in [6.45, 7) is 12.0. The van der Waals surface area contributed by atoms with Crippen molar-refractivity contribution in [2.24, 2.45) is 0 Å². The van der Waals surface area contributed by atoms with Gasteiger partial charge in [-0.05, 0) is 37.8 Å². The monoisotopic (exact) mass is 186 g/mol. The molecule has 1 rings (SSSR count). The molecule has 0 spiro atoms. The summed E-state index contributed by atoms with van der Waals surface area (Å²) in [5.74, 6) is 0. The summed E-state index contributed by atoms with van der Waals surface area (Å²) in [5.41, 5.74) is 4.87. The first-order chi connectivity index (χ1) is 6.59. The van der Waals surface area contributed by atoms with Crippen LogP contribution in [0.4, 0.5) is 0 Å². The Bertz CT molecular complexity index is 335. The standard InChI is InChI=1S/C14H18/c1-11(2)13(4)10-14-7-5-6-12(3)8-9-14/h6-9H,1,4-5,10H2,2-3H3. The second-order valence-corrected chi connectivity index (χ2v) is 3.86. The number of rotatable bonds is 3. The maximum Gasteiger partial charge on any atom is -0.00323 e. The van der Waals surface area contributed by atoms with E-state index in [4.69, 9.17) is 0 Å². The zero-order chi connectivity index (χ0) is 10.6.